The normalized spacial score (nSPS) is 28.6. The molecule has 4 nitrogen and oxygen atoms in total. The molecule has 0 spiro atoms. The minimum atomic E-state index is -2.77. The van der Waals surface area contributed by atoms with E-state index in [2.05, 4.69) is 5.48 Å². The first-order chi connectivity index (χ1) is 5.64. The van der Waals surface area contributed by atoms with Gasteiger partial charge < -0.3 is 4.84 Å². The van der Waals surface area contributed by atoms with Crippen molar-refractivity contribution >= 4 is 9.84 Å². The van der Waals surface area contributed by atoms with Crippen molar-refractivity contribution in [1.82, 2.24) is 5.48 Å². The molecule has 12 heavy (non-hydrogen) atoms. The summed E-state index contributed by atoms with van der Waals surface area (Å²) in [5, 5.41) is 0. The van der Waals surface area contributed by atoms with Crippen LogP contribution in [-0.4, -0.2) is 33.6 Å². The van der Waals surface area contributed by atoms with Crippen molar-refractivity contribution < 1.29 is 13.3 Å². The fraction of sp³-hybridized carbons (Fsp3) is 1.00. The number of sulfone groups is 1. The second-order valence-corrected chi connectivity index (χ2v) is 5.37. The summed E-state index contributed by atoms with van der Waals surface area (Å²) in [6.45, 7) is 0.496. The van der Waals surface area contributed by atoms with Crippen molar-refractivity contribution in [3.63, 3.8) is 0 Å². The van der Waals surface area contributed by atoms with Crippen LogP contribution < -0.4 is 5.48 Å². The average Bonchev–Trinajstić information content (AvgIpc) is 1.99. The van der Waals surface area contributed by atoms with E-state index in [1.165, 1.54) is 0 Å². The van der Waals surface area contributed by atoms with Gasteiger partial charge in [-0.2, -0.15) is 0 Å². The molecule has 0 aliphatic carbocycles. The molecule has 1 saturated heterocycles. The van der Waals surface area contributed by atoms with Crippen LogP contribution in [0.5, 0.6) is 0 Å². The Morgan fingerprint density at radius 3 is 2.92 bits per heavy atom. The predicted molar refractivity (Wildman–Crippen MR) is 46.4 cm³/mol. The molecule has 1 aliphatic rings. The Labute approximate surface area is 73.2 Å². The van der Waals surface area contributed by atoms with Crippen LogP contribution in [0, 0.1) is 5.92 Å². The van der Waals surface area contributed by atoms with Crippen molar-refractivity contribution in [3.8, 4) is 0 Å². The number of hydrogen-bond acceptors (Lipinski definition) is 4. The van der Waals surface area contributed by atoms with E-state index in [0.717, 1.165) is 12.8 Å². The summed E-state index contributed by atoms with van der Waals surface area (Å²) < 4.78 is 22.3. The third-order valence-electron chi connectivity index (χ3n) is 2.02. The first-order valence-electron chi connectivity index (χ1n) is 4.13. The maximum absolute atomic E-state index is 11.1. The van der Waals surface area contributed by atoms with Crippen LogP contribution in [0.2, 0.25) is 0 Å². The van der Waals surface area contributed by atoms with Gasteiger partial charge in [-0.25, -0.2) is 13.9 Å². The van der Waals surface area contributed by atoms with E-state index in [0.29, 0.717) is 12.4 Å². The average molecular weight is 193 g/mol. The molecule has 0 aromatic carbocycles. The Balaban J connectivity index is 2.36. The largest absolute Gasteiger partial charge is 0.302 e. The van der Waals surface area contributed by atoms with Gasteiger partial charge in [0.05, 0.1) is 18.1 Å². The highest BCUT2D eigenvalue weighted by Crippen LogP contribution is 2.17. The molecule has 0 saturated carbocycles. The van der Waals surface area contributed by atoms with Gasteiger partial charge >= 0.3 is 0 Å². The Bertz CT molecular complexity index is 225. The topological polar surface area (TPSA) is 55.4 Å². The molecule has 0 aromatic rings. The smallest absolute Gasteiger partial charge is 0.150 e. The minimum Gasteiger partial charge on any atom is -0.302 e. The summed E-state index contributed by atoms with van der Waals surface area (Å²) in [5.74, 6) is 0.814. The van der Waals surface area contributed by atoms with Crippen molar-refractivity contribution in [2.24, 2.45) is 5.92 Å². The molecule has 1 atom stereocenters. The summed E-state index contributed by atoms with van der Waals surface area (Å²) >= 11 is 0. The zero-order valence-electron chi connectivity index (χ0n) is 7.25. The molecule has 72 valence electrons. The Morgan fingerprint density at radius 1 is 1.58 bits per heavy atom. The van der Waals surface area contributed by atoms with E-state index in [9.17, 15) is 8.42 Å². The maximum atomic E-state index is 11.1. The van der Waals surface area contributed by atoms with Gasteiger partial charge in [0.1, 0.15) is 0 Å². The molecule has 0 amide bonds. The van der Waals surface area contributed by atoms with Gasteiger partial charge in [-0.3, -0.25) is 0 Å². The van der Waals surface area contributed by atoms with Crippen LogP contribution in [0.25, 0.3) is 0 Å². The molecule has 0 radical (unpaired) electrons. The monoisotopic (exact) mass is 193 g/mol. The zero-order chi connectivity index (χ0) is 9.03. The molecular weight excluding hydrogens is 178 g/mol. The van der Waals surface area contributed by atoms with Gasteiger partial charge in [-0.15, -0.1) is 0 Å². The third kappa shape index (κ3) is 3.08. The zero-order valence-corrected chi connectivity index (χ0v) is 8.06. The second-order valence-electron chi connectivity index (χ2n) is 3.14. The molecule has 5 heteroatoms. The molecule has 1 unspecified atom stereocenters. The molecule has 0 aromatic heterocycles. The Morgan fingerprint density at radius 2 is 2.33 bits per heavy atom. The van der Waals surface area contributed by atoms with Crippen molar-refractivity contribution in [2.75, 3.05) is 25.2 Å². The Kier molecular flexibility index (Phi) is 3.49. The van der Waals surface area contributed by atoms with Crippen LogP contribution in [-0.2, 0) is 14.7 Å². The summed E-state index contributed by atoms with van der Waals surface area (Å²) in [6, 6.07) is 0. The molecule has 1 fully saturated rings. The lowest BCUT2D eigenvalue weighted by atomic mass is 10.1. The van der Waals surface area contributed by atoms with Gasteiger partial charge in [0.25, 0.3) is 0 Å². The quantitative estimate of drug-likeness (QED) is 0.639. The summed E-state index contributed by atoms with van der Waals surface area (Å²) in [6.07, 6.45) is 1.74. The van der Waals surface area contributed by atoms with E-state index in [1.54, 1.807) is 7.05 Å². The molecule has 1 N–H and O–H groups in total. The molecule has 1 rings (SSSR count). The second kappa shape index (κ2) is 4.20. The van der Waals surface area contributed by atoms with E-state index in [-0.39, 0.29) is 11.7 Å². The van der Waals surface area contributed by atoms with Crippen LogP contribution in [0.15, 0.2) is 0 Å². The number of nitrogens with one attached hydrogen (secondary N) is 1. The lowest BCUT2D eigenvalue weighted by Gasteiger charge is -2.20. The fourth-order valence-electron chi connectivity index (χ4n) is 1.45. The number of hydroxylamine groups is 1. The predicted octanol–water partition coefficient (Wildman–Crippen LogP) is -0.0378. The van der Waals surface area contributed by atoms with Crippen molar-refractivity contribution in [1.29, 1.82) is 0 Å². The van der Waals surface area contributed by atoms with Crippen LogP contribution in [0.4, 0.5) is 0 Å². The Hall–Kier alpha value is -0.130. The lowest BCUT2D eigenvalue weighted by molar-refractivity contribution is 0.0336. The first kappa shape index (κ1) is 9.95. The van der Waals surface area contributed by atoms with E-state index in [4.69, 9.17) is 4.84 Å². The van der Waals surface area contributed by atoms with Crippen molar-refractivity contribution in [3.05, 3.63) is 0 Å². The van der Waals surface area contributed by atoms with E-state index >= 15 is 0 Å². The van der Waals surface area contributed by atoms with Crippen molar-refractivity contribution in [2.45, 2.75) is 12.8 Å². The first-order valence-corrected chi connectivity index (χ1v) is 5.95. The van der Waals surface area contributed by atoms with Gasteiger partial charge in [0, 0.05) is 7.05 Å². The summed E-state index contributed by atoms with van der Waals surface area (Å²) in [5.41, 5.74) is 2.55. The maximum Gasteiger partial charge on any atom is 0.150 e. The summed E-state index contributed by atoms with van der Waals surface area (Å²) in [7, 11) is -1.09. The van der Waals surface area contributed by atoms with Gasteiger partial charge in [0.15, 0.2) is 9.84 Å². The highest BCUT2D eigenvalue weighted by Gasteiger charge is 2.24. The number of hydrogen-bond donors (Lipinski definition) is 1. The van der Waals surface area contributed by atoms with Gasteiger partial charge in [0.2, 0.25) is 0 Å². The molecule has 0 bridgehead atoms. The molecular formula is C7H15NO3S. The lowest BCUT2D eigenvalue weighted by Crippen LogP contribution is -2.29. The molecule has 1 aliphatic heterocycles. The number of rotatable bonds is 3. The fourth-order valence-corrected chi connectivity index (χ4v) is 3.20. The standard InChI is InChI=1S/C7H15NO3S/c1-8-11-5-7-3-2-4-12(9,10)6-7/h7-8H,2-6H2,1H3. The van der Waals surface area contributed by atoms with Crippen LogP contribution >= 0.6 is 0 Å². The van der Waals surface area contributed by atoms with Crippen LogP contribution in [0.3, 0.4) is 0 Å². The summed E-state index contributed by atoms with van der Waals surface area (Å²) in [4.78, 5) is 4.95. The third-order valence-corrected chi connectivity index (χ3v) is 3.91. The van der Waals surface area contributed by atoms with Gasteiger partial charge in [-0.05, 0) is 18.8 Å². The SMILES string of the molecule is CNOCC1CCCS(=O)(=O)C1. The van der Waals surface area contributed by atoms with E-state index in [1.807, 2.05) is 0 Å². The highest BCUT2D eigenvalue weighted by molar-refractivity contribution is 7.91. The minimum absolute atomic E-state index is 0.177. The van der Waals surface area contributed by atoms with Crippen LogP contribution in [0.1, 0.15) is 12.8 Å². The highest BCUT2D eigenvalue weighted by atomic mass is 32.2. The molecule has 1 heterocycles. The van der Waals surface area contributed by atoms with E-state index < -0.39 is 9.84 Å². The van der Waals surface area contributed by atoms with Gasteiger partial charge in [-0.1, -0.05) is 0 Å².